The lowest BCUT2D eigenvalue weighted by molar-refractivity contribution is 0.0594. The first-order valence-electron chi connectivity index (χ1n) is 3.83. The molecule has 0 saturated heterocycles. The molecule has 1 aromatic heterocycles. The number of aromatic nitrogens is 1. The molecule has 0 saturated carbocycles. The number of Topliss-reactive ketones (excluding diaryl/α,β-unsaturated/α-hetero) is 1. The summed E-state index contributed by atoms with van der Waals surface area (Å²) in [6.45, 7) is 0. The molecule has 1 rings (SSSR count). The fourth-order valence-electron chi connectivity index (χ4n) is 0.877. The second-order valence-electron chi connectivity index (χ2n) is 2.46. The molecule has 14 heavy (non-hydrogen) atoms. The van der Waals surface area contributed by atoms with Crippen molar-refractivity contribution in [3.05, 3.63) is 29.6 Å². The summed E-state index contributed by atoms with van der Waals surface area (Å²) in [4.78, 5) is 26.1. The third-order valence-corrected chi connectivity index (χ3v) is 2.06. The van der Waals surface area contributed by atoms with Crippen LogP contribution < -0.4 is 0 Å². The van der Waals surface area contributed by atoms with Crippen LogP contribution in [0.4, 0.5) is 0 Å². The van der Waals surface area contributed by atoms with Crippen LogP contribution in [0.15, 0.2) is 18.2 Å². The van der Waals surface area contributed by atoms with E-state index in [2.05, 4.69) is 25.7 Å². The molecule has 0 aliphatic heterocycles. The zero-order chi connectivity index (χ0) is 10.6. The van der Waals surface area contributed by atoms with Crippen molar-refractivity contribution in [2.75, 3.05) is 12.4 Å². The van der Waals surface area contributed by atoms with E-state index in [4.69, 9.17) is 0 Å². The molecule has 0 spiro atoms. The monoisotopic (exact) mass is 257 g/mol. The predicted molar refractivity (Wildman–Crippen MR) is 53.7 cm³/mol. The number of carbonyl (C=O) groups excluding carboxylic acids is 2. The maximum absolute atomic E-state index is 11.2. The Kier molecular flexibility index (Phi) is 3.76. The van der Waals surface area contributed by atoms with Gasteiger partial charge >= 0.3 is 5.97 Å². The number of halogens is 1. The number of ether oxygens (including phenoxy) is 1. The van der Waals surface area contributed by atoms with Crippen molar-refractivity contribution in [3.63, 3.8) is 0 Å². The van der Waals surface area contributed by atoms with Crippen molar-refractivity contribution < 1.29 is 14.3 Å². The van der Waals surface area contributed by atoms with Gasteiger partial charge < -0.3 is 4.74 Å². The number of methoxy groups -OCH3 is 1. The number of hydrogen-bond acceptors (Lipinski definition) is 4. The minimum Gasteiger partial charge on any atom is -0.464 e. The first kappa shape index (κ1) is 10.8. The Balaban J connectivity index is 3.01. The molecule has 0 radical (unpaired) electrons. The summed E-state index contributed by atoms with van der Waals surface area (Å²) in [6.07, 6.45) is 0. The van der Waals surface area contributed by atoms with Gasteiger partial charge in [-0.3, -0.25) is 4.79 Å². The molecule has 4 nitrogen and oxygen atoms in total. The second-order valence-corrected chi connectivity index (χ2v) is 3.02. The van der Waals surface area contributed by atoms with Crippen LogP contribution in [0.5, 0.6) is 0 Å². The Morgan fingerprint density at radius 2 is 2.07 bits per heavy atom. The number of alkyl halides is 1. The number of carbonyl (C=O) groups is 2. The Morgan fingerprint density at radius 3 is 2.64 bits per heavy atom. The van der Waals surface area contributed by atoms with Gasteiger partial charge in [0.05, 0.1) is 12.4 Å². The van der Waals surface area contributed by atoms with E-state index in [9.17, 15) is 9.59 Å². The van der Waals surface area contributed by atoms with E-state index in [1.807, 2.05) is 0 Å². The van der Waals surface area contributed by atoms with Crippen LogP contribution in [-0.4, -0.2) is 29.2 Å². The number of esters is 1. The molecular weight excluding hydrogens is 250 g/mol. The maximum Gasteiger partial charge on any atom is 0.356 e. The van der Waals surface area contributed by atoms with Crippen molar-refractivity contribution in [2.24, 2.45) is 0 Å². The Bertz CT molecular complexity index is 334. The van der Waals surface area contributed by atoms with Gasteiger partial charge in [0.25, 0.3) is 0 Å². The van der Waals surface area contributed by atoms with Crippen LogP contribution in [0, 0.1) is 0 Å². The molecule has 0 fully saturated rings. The number of nitrogens with zero attached hydrogens (tertiary/aromatic N) is 1. The average molecular weight is 258 g/mol. The Hall–Kier alpha value is -1.23. The highest BCUT2D eigenvalue weighted by molar-refractivity contribution is 9.09. The highest BCUT2D eigenvalue weighted by atomic mass is 79.9. The summed E-state index contributed by atoms with van der Waals surface area (Å²) in [5, 5.41) is 0.185. The third kappa shape index (κ3) is 2.38. The summed E-state index contributed by atoms with van der Waals surface area (Å²) >= 11 is 3.02. The molecule has 0 aliphatic rings. The van der Waals surface area contributed by atoms with Gasteiger partial charge in [-0.2, -0.15) is 0 Å². The molecule has 0 unspecified atom stereocenters. The molecular formula is C9H8BrNO3. The zero-order valence-electron chi connectivity index (χ0n) is 7.49. The van der Waals surface area contributed by atoms with Gasteiger partial charge in [0, 0.05) is 0 Å². The number of pyridine rings is 1. The van der Waals surface area contributed by atoms with E-state index in [0.717, 1.165) is 0 Å². The lowest BCUT2D eigenvalue weighted by Crippen LogP contribution is -2.09. The second kappa shape index (κ2) is 4.85. The molecule has 0 aromatic carbocycles. The van der Waals surface area contributed by atoms with Crippen LogP contribution in [-0.2, 0) is 4.74 Å². The van der Waals surface area contributed by atoms with Gasteiger partial charge in [-0.15, -0.1) is 0 Å². The van der Waals surface area contributed by atoms with Gasteiger partial charge in [0.15, 0.2) is 5.78 Å². The number of rotatable bonds is 3. The lowest BCUT2D eigenvalue weighted by atomic mass is 10.2. The van der Waals surface area contributed by atoms with Gasteiger partial charge in [0.2, 0.25) is 0 Å². The highest BCUT2D eigenvalue weighted by Crippen LogP contribution is 2.03. The van der Waals surface area contributed by atoms with Gasteiger partial charge in [-0.05, 0) is 12.1 Å². The third-order valence-electron chi connectivity index (χ3n) is 1.55. The van der Waals surface area contributed by atoms with E-state index in [0.29, 0.717) is 0 Å². The largest absolute Gasteiger partial charge is 0.464 e. The maximum atomic E-state index is 11.2. The molecule has 0 aliphatic carbocycles. The van der Waals surface area contributed by atoms with Crippen LogP contribution in [0.3, 0.4) is 0 Å². The molecule has 0 atom stereocenters. The van der Waals surface area contributed by atoms with Crippen LogP contribution in [0.2, 0.25) is 0 Å². The van der Waals surface area contributed by atoms with E-state index in [1.54, 1.807) is 12.1 Å². The van der Waals surface area contributed by atoms with Crippen molar-refractivity contribution >= 4 is 27.7 Å². The Labute approximate surface area is 89.4 Å². The molecule has 74 valence electrons. The van der Waals surface area contributed by atoms with Crippen molar-refractivity contribution in [2.45, 2.75) is 0 Å². The average Bonchev–Trinajstić information content (AvgIpc) is 2.27. The van der Waals surface area contributed by atoms with Gasteiger partial charge in [-0.25, -0.2) is 9.78 Å². The fraction of sp³-hybridized carbons (Fsp3) is 0.222. The topological polar surface area (TPSA) is 56.3 Å². The molecule has 0 N–H and O–H groups in total. The number of ketones is 1. The molecule has 1 heterocycles. The quantitative estimate of drug-likeness (QED) is 0.467. The fourth-order valence-corrected chi connectivity index (χ4v) is 1.16. The normalized spacial score (nSPS) is 9.57. The zero-order valence-corrected chi connectivity index (χ0v) is 9.08. The van der Waals surface area contributed by atoms with Crippen molar-refractivity contribution in [3.8, 4) is 0 Å². The smallest absolute Gasteiger partial charge is 0.356 e. The highest BCUT2D eigenvalue weighted by Gasteiger charge is 2.10. The molecule has 0 amide bonds. The van der Waals surface area contributed by atoms with Crippen molar-refractivity contribution in [1.82, 2.24) is 4.98 Å². The number of hydrogen-bond donors (Lipinski definition) is 0. The van der Waals surface area contributed by atoms with Gasteiger partial charge in [-0.1, -0.05) is 22.0 Å². The first-order valence-corrected chi connectivity index (χ1v) is 4.95. The summed E-state index contributed by atoms with van der Waals surface area (Å²) in [5.74, 6) is -0.718. The van der Waals surface area contributed by atoms with Crippen LogP contribution in [0.1, 0.15) is 21.0 Å². The first-order chi connectivity index (χ1) is 6.69. The van der Waals surface area contributed by atoms with E-state index in [1.165, 1.54) is 13.2 Å². The minimum absolute atomic E-state index is 0.138. The molecule has 0 bridgehead atoms. The Morgan fingerprint density at radius 1 is 1.43 bits per heavy atom. The molecule has 5 heteroatoms. The van der Waals surface area contributed by atoms with Crippen LogP contribution in [0.25, 0.3) is 0 Å². The summed E-state index contributed by atoms with van der Waals surface area (Å²) in [6, 6.07) is 4.64. The minimum atomic E-state index is -0.547. The summed E-state index contributed by atoms with van der Waals surface area (Å²) in [7, 11) is 1.27. The standard InChI is InChI=1S/C9H8BrNO3/c1-14-9(13)7-4-2-3-6(11-7)8(12)5-10/h2-4H,5H2,1H3. The SMILES string of the molecule is COC(=O)c1cccc(C(=O)CBr)n1. The van der Waals surface area contributed by atoms with Crippen LogP contribution >= 0.6 is 15.9 Å². The molecule has 1 aromatic rings. The van der Waals surface area contributed by atoms with Gasteiger partial charge in [0.1, 0.15) is 11.4 Å². The van der Waals surface area contributed by atoms with E-state index in [-0.39, 0.29) is 22.5 Å². The predicted octanol–water partition coefficient (Wildman–Crippen LogP) is 1.45. The van der Waals surface area contributed by atoms with E-state index < -0.39 is 5.97 Å². The van der Waals surface area contributed by atoms with E-state index >= 15 is 0 Å². The lowest BCUT2D eigenvalue weighted by Gasteiger charge is -2.00. The van der Waals surface area contributed by atoms with Crippen molar-refractivity contribution in [1.29, 1.82) is 0 Å². The summed E-state index contributed by atoms with van der Waals surface area (Å²) < 4.78 is 4.48. The summed E-state index contributed by atoms with van der Waals surface area (Å²) in [5.41, 5.74) is 0.393.